The second-order valence-electron chi connectivity index (χ2n) is 5.59. The standard InChI is InChI=1S/C18H23NS/c1-2-20-18-9-5-8-17(18)19-13-14-10-11-15-6-3-4-7-16(15)12-14/h3-4,6-7,10-12,17-19H,2,5,8-9,13H2,1H3. The van der Waals surface area contributed by atoms with Crippen molar-refractivity contribution in [2.24, 2.45) is 0 Å². The van der Waals surface area contributed by atoms with E-state index in [1.807, 2.05) is 0 Å². The zero-order chi connectivity index (χ0) is 13.8. The Morgan fingerprint density at radius 3 is 2.80 bits per heavy atom. The van der Waals surface area contributed by atoms with Crippen LogP contribution in [0.25, 0.3) is 10.8 Å². The molecular formula is C18H23NS. The highest BCUT2D eigenvalue weighted by Gasteiger charge is 2.26. The van der Waals surface area contributed by atoms with Crippen LogP contribution in [-0.4, -0.2) is 17.0 Å². The van der Waals surface area contributed by atoms with E-state index in [1.54, 1.807) is 0 Å². The Morgan fingerprint density at radius 2 is 1.95 bits per heavy atom. The quantitative estimate of drug-likeness (QED) is 0.861. The largest absolute Gasteiger partial charge is 0.309 e. The Kier molecular flexibility index (Phi) is 4.64. The Bertz CT molecular complexity index is 566. The maximum absolute atomic E-state index is 3.78. The van der Waals surface area contributed by atoms with Crippen LogP contribution in [0.1, 0.15) is 31.7 Å². The van der Waals surface area contributed by atoms with E-state index in [9.17, 15) is 0 Å². The summed E-state index contributed by atoms with van der Waals surface area (Å²) < 4.78 is 0. The first-order valence-electron chi connectivity index (χ1n) is 7.69. The SMILES string of the molecule is CCSC1CCCC1NCc1ccc2ccccc2c1. The summed E-state index contributed by atoms with van der Waals surface area (Å²) in [6.45, 7) is 3.26. The summed E-state index contributed by atoms with van der Waals surface area (Å²) in [4.78, 5) is 0. The van der Waals surface area contributed by atoms with Gasteiger partial charge in [0.15, 0.2) is 0 Å². The molecule has 106 valence electrons. The average Bonchev–Trinajstić information content (AvgIpc) is 2.93. The van der Waals surface area contributed by atoms with Crippen molar-refractivity contribution in [3.63, 3.8) is 0 Å². The molecule has 2 heteroatoms. The summed E-state index contributed by atoms with van der Waals surface area (Å²) >= 11 is 2.12. The van der Waals surface area contributed by atoms with Gasteiger partial charge in [-0.25, -0.2) is 0 Å². The van der Waals surface area contributed by atoms with Gasteiger partial charge >= 0.3 is 0 Å². The lowest BCUT2D eigenvalue weighted by Crippen LogP contribution is -2.33. The first kappa shape index (κ1) is 14.0. The van der Waals surface area contributed by atoms with Gasteiger partial charge < -0.3 is 5.32 Å². The van der Waals surface area contributed by atoms with Gasteiger partial charge in [-0.05, 0) is 41.0 Å². The van der Waals surface area contributed by atoms with Crippen molar-refractivity contribution in [3.05, 3.63) is 48.0 Å². The zero-order valence-electron chi connectivity index (χ0n) is 12.1. The van der Waals surface area contributed by atoms with Crippen LogP contribution in [0.2, 0.25) is 0 Å². The fraction of sp³-hybridized carbons (Fsp3) is 0.444. The summed E-state index contributed by atoms with van der Waals surface area (Å²) in [5.41, 5.74) is 1.40. The van der Waals surface area contributed by atoms with Crippen molar-refractivity contribution in [1.82, 2.24) is 5.32 Å². The molecule has 0 saturated heterocycles. The van der Waals surface area contributed by atoms with Gasteiger partial charge in [-0.2, -0.15) is 11.8 Å². The fourth-order valence-corrected chi connectivity index (χ4v) is 4.40. The molecule has 3 rings (SSSR count). The molecule has 2 unspecified atom stereocenters. The number of rotatable bonds is 5. The lowest BCUT2D eigenvalue weighted by Gasteiger charge is -2.20. The van der Waals surface area contributed by atoms with E-state index in [-0.39, 0.29) is 0 Å². The molecule has 1 saturated carbocycles. The van der Waals surface area contributed by atoms with E-state index >= 15 is 0 Å². The third-order valence-corrected chi connectivity index (χ3v) is 5.54. The minimum atomic E-state index is 0.700. The third-order valence-electron chi connectivity index (χ3n) is 4.22. The van der Waals surface area contributed by atoms with Crippen LogP contribution >= 0.6 is 11.8 Å². The topological polar surface area (TPSA) is 12.0 Å². The predicted molar refractivity (Wildman–Crippen MR) is 90.3 cm³/mol. The van der Waals surface area contributed by atoms with Crippen molar-refractivity contribution >= 4 is 22.5 Å². The predicted octanol–water partition coefficient (Wildman–Crippen LogP) is 4.60. The molecule has 0 heterocycles. The van der Waals surface area contributed by atoms with Crippen molar-refractivity contribution < 1.29 is 0 Å². The molecule has 1 aliphatic rings. The lowest BCUT2D eigenvalue weighted by atomic mass is 10.1. The maximum atomic E-state index is 3.78. The van der Waals surface area contributed by atoms with E-state index in [0.717, 1.165) is 11.8 Å². The lowest BCUT2D eigenvalue weighted by molar-refractivity contribution is 0.532. The monoisotopic (exact) mass is 285 g/mol. The number of thioether (sulfide) groups is 1. The van der Waals surface area contributed by atoms with Gasteiger partial charge in [0.1, 0.15) is 0 Å². The van der Waals surface area contributed by atoms with E-state index in [2.05, 4.69) is 66.5 Å². The summed E-state index contributed by atoms with van der Waals surface area (Å²) in [7, 11) is 0. The van der Waals surface area contributed by atoms with Crippen LogP contribution in [0, 0.1) is 0 Å². The average molecular weight is 285 g/mol. The van der Waals surface area contributed by atoms with Crippen molar-refractivity contribution in [1.29, 1.82) is 0 Å². The molecule has 1 N–H and O–H groups in total. The number of hydrogen-bond donors (Lipinski definition) is 1. The van der Waals surface area contributed by atoms with Gasteiger partial charge in [0.2, 0.25) is 0 Å². The van der Waals surface area contributed by atoms with Gasteiger partial charge in [0, 0.05) is 17.8 Å². The third kappa shape index (κ3) is 3.18. The normalized spacial score (nSPS) is 22.4. The first-order chi connectivity index (χ1) is 9.86. The summed E-state index contributed by atoms with van der Waals surface area (Å²) in [5, 5.41) is 7.27. The van der Waals surface area contributed by atoms with Crippen LogP contribution in [0.4, 0.5) is 0 Å². The smallest absolute Gasteiger partial charge is 0.0208 e. The second-order valence-corrected chi connectivity index (χ2v) is 7.11. The number of hydrogen-bond acceptors (Lipinski definition) is 2. The van der Waals surface area contributed by atoms with Crippen molar-refractivity contribution in [2.45, 2.75) is 44.0 Å². The highest BCUT2D eigenvalue weighted by atomic mass is 32.2. The first-order valence-corrected chi connectivity index (χ1v) is 8.74. The van der Waals surface area contributed by atoms with Gasteiger partial charge in [0.05, 0.1) is 0 Å². The minimum Gasteiger partial charge on any atom is -0.309 e. The van der Waals surface area contributed by atoms with Gasteiger partial charge in [-0.3, -0.25) is 0 Å². The van der Waals surface area contributed by atoms with Crippen LogP contribution in [0.3, 0.4) is 0 Å². The van der Waals surface area contributed by atoms with Crippen LogP contribution in [0.5, 0.6) is 0 Å². The van der Waals surface area contributed by atoms with E-state index < -0.39 is 0 Å². The van der Waals surface area contributed by atoms with Crippen molar-refractivity contribution in [3.8, 4) is 0 Å². The Balaban J connectivity index is 1.64. The Hall–Kier alpha value is -0.990. The number of nitrogens with one attached hydrogen (secondary N) is 1. The summed E-state index contributed by atoms with van der Waals surface area (Å²) in [6.07, 6.45) is 4.10. The van der Waals surface area contributed by atoms with Crippen molar-refractivity contribution in [2.75, 3.05) is 5.75 Å². The molecule has 0 radical (unpaired) electrons. The van der Waals surface area contributed by atoms with Gasteiger partial charge in [0.25, 0.3) is 0 Å². The molecule has 0 aliphatic heterocycles. The molecule has 0 amide bonds. The second kappa shape index (κ2) is 6.64. The number of benzene rings is 2. The van der Waals surface area contributed by atoms with Crippen LogP contribution < -0.4 is 5.32 Å². The molecule has 2 aromatic carbocycles. The molecule has 1 aliphatic carbocycles. The number of fused-ring (bicyclic) bond motifs is 1. The molecule has 20 heavy (non-hydrogen) atoms. The van der Waals surface area contributed by atoms with E-state index in [1.165, 1.54) is 41.4 Å². The Labute approximate surface area is 126 Å². The molecule has 0 bridgehead atoms. The Morgan fingerprint density at radius 1 is 1.10 bits per heavy atom. The van der Waals surface area contributed by atoms with E-state index in [4.69, 9.17) is 0 Å². The molecular weight excluding hydrogens is 262 g/mol. The minimum absolute atomic E-state index is 0.700. The fourth-order valence-electron chi connectivity index (χ4n) is 3.17. The molecule has 2 aromatic rings. The molecule has 0 aromatic heterocycles. The van der Waals surface area contributed by atoms with Crippen LogP contribution in [0.15, 0.2) is 42.5 Å². The zero-order valence-corrected chi connectivity index (χ0v) is 13.0. The highest BCUT2D eigenvalue weighted by molar-refractivity contribution is 7.99. The van der Waals surface area contributed by atoms with Crippen LogP contribution in [-0.2, 0) is 6.54 Å². The van der Waals surface area contributed by atoms with Gasteiger partial charge in [-0.1, -0.05) is 49.7 Å². The van der Waals surface area contributed by atoms with E-state index in [0.29, 0.717) is 6.04 Å². The highest BCUT2D eigenvalue weighted by Crippen LogP contribution is 2.30. The van der Waals surface area contributed by atoms with Gasteiger partial charge in [-0.15, -0.1) is 0 Å². The maximum Gasteiger partial charge on any atom is 0.0208 e. The molecule has 1 fully saturated rings. The molecule has 0 spiro atoms. The molecule has 1 nitrogen and oxygen atoms in total. The summed E-state index contributed by atoms with van der Waals surface area (Å²) in [5.74, 6) is 1.23. The summed E-state index contributed by atoms with van der Waals surface area (Å²) in [6, 6.07) is 16.1. The molecule has 2 atom stereocenters.